The van der Waals surface area contributed by atoms with E-state index in [0.29, 0.717) is 0 Å². The van der Waals surface area contributed by atoms with Gasteiger partial charge in [-0.25, -0.2) is 4.98 Å². The lowest BCUT2D eigenvalue weighted by Gasteiger charge is -2.13. The first-order valence-corrected chi connectivity index (χ1v) is 6.08. The average Bonchev–Trinajstić information content (AvgIpc) is 2.71. The van der Waals surface area contributed by atoms with Gasteiger partial charge in [-0.3, -0.25) is 0 Å². The number of hydrogen-bond donors (Lipinski definition) is 1. The van der Waals surface area contributed by atoms with E-state index in [4.69, 9.17) is 4.98 Å². The van der Waals surface area contributed by atoms with Crippen LogP contribution in [0, 0.1) is 13.8 Å². The summed E-state index contributed by atoms with van der Waals surface area (Å²) in [5.74, 6) is 1.14. The van der Waals surface area contributed by atoms with Crippen molar-refractivity contribution in [1.82, 2.24) is 14.9 Å². The summed E-state index contributed by atoms with van der Waals surface area (Å²) < 4.78 is 2.25. The average molecular weight is 227 g/mol. The first-order valence-electron chi connectivity index (χ1n) is 6.08. The molecule has 17 heavy (non-hydrogen) atoms. The summed E-state index contributed by atoms with van der Waals surface area (Å²) in [7, 11) is 0. The summed E-state index contributed by atoms with van der Waals surface area (Å²) in [6.45, 7) is 7.20. The second-order valence-corrected chi connectivity index (χ2v) is 4.79. The first kappa shape index (κ1) is 10.5. The molecule has 0 unspecified atom stereocenters. The van der Waals surface area contributed by atoms with Gasteiger partial charge in [0.05, 0.1) is 12.2 Å². The third-order valence-corrected chi connectivity index (χ3v) is 3.19. The van der Waals surface area contributed by atoms with Gasteiger partial charge in [0.25, 0.3) is 0 Å². The van der Waals surface area contributed by atoms with Crippen LogP contribution in [0.5, 0.6) is 0 Å². The molecule has 3 nitrogen and oxygen atoms in total. The lowest BCUT2D eigenvalue weighted by molar-refractivity contribution is 0.505. The van der Waals surface area contributed by atoms with Gasteiger partial charge >= 0.3 is 0 Å². The number of rotatable bonds is 1. The molecular formula is C14H17N3. The van der Waals surface area contributed by atoms with E-state index in [1.807, 2.05) is 0 Å². The van der Waals surface area contributed by atoms with Crippen molar-refractivity contribution in [1.29, 1.82) is 0 Å². The summed E-state index contributed by atoms with van der Waals surface area (Å²) in [5, 5.41) is 3.35. The fraction of sp³-hybridized carbons (Fsp3) is 0.357. The molecule has 0 atom stereocenters. The molecule has 0 fully saturated rings. The Hall–Kier alpha value is -1.61. The second-order valence-electron chi connectivity index (χ2n) is 4.79. The number of nitrogens with one attached hydrogen (secondary N) is 1. The van der Waals surface area contributed by atoms with Crippen molar-refractivity contribution in [2.45, 2.75) is 26.9 Å². The first-order chi connectivity index (χ1) is 8.22. The highest BCUT2D eigenvalue weighted by molar-refractivity contribution is 5.61. The maximum absolute atomic E-state index is 4.70. The Labute approximate surface area is 101 Å². The summed E-state index contributed by atoms with van der Waals surface area (Å²) >= 11 is 0. The zero-order valence-corrected chi connectivity index (χ0v) is 10.3. The number of fused-ring (bicyclic) bond motifs is 1. The second kappa shape index (κ2) is 4.00. The van der Waals surface area contributed by atoms with Gasteiger partial charge in [0.1, 0.15) is 5.82 Å². The van der Waals surface area contributed by atoms with Crippen molar-refractivity contribution in [3.05, 3.63) is 41.3 Å². The maximum Gasteiger partial charge on any atom is 0.123 e. The zero-order valence-electron chi connectivity index (χ0n) is 10.3. The lowest BCUT2D eigenvalue weighted by atomic mass is 10.1. The predicted molar refractivity (Wildman–Crippen MR) is 68.8 cm³/mol. The largest absolute Gasteiger partial charge is 0.332 e. The summed E-state index contributed by atoms with van der Waals surface area (Å²) in [4.78, 5) is 4.70. The van der Waals surface area contributed by atoms with E-state index in [1.165, 1.54) is 16.7 Å². The Morgan fingerprint density at radius 2 is 1.94 bits per heavy atom. The maximum atomic E-state index is 4.70. The monoisotopic (exact) mass is 227 g/mol. The van der Waals surface area contributed by atoms with Crippen molar-refractivity contribution in [2.24, 2.45) is 0 Å². The number of hydrogen-bond acceptors (Lipinski definition) is 2. The van der Waals surface area contributed by atoms with Gasteiger partial charge in [0.2, 0.25) is 0 Å². The minimum absolute atomic E-state index is 0.880. The van der Waals surface area contributed by atoms with E-state index in [-0.39, 0.29) is 0 Å². The SMILES string of the molecule is Cc1cc(C)cc(-c2cn3c(n2)CNCC3)c1. The fourth-order valence-corrected chi connectivity index (χ4v) is 2.45. The highest BCUT2D eigenvalue weighted by Crippen LogP contribution is 2.22. The molecule has 1 aromatic carbocycles. The minimum Gasteiger partial charge on any atom is -0.332 e. The van der Waals surface area contributed by atoms with Crippen LogP contribution in [0.1, 0.15) is 17.0 Å². The molecule has 0 aliphatic carbocycles. The molecular weight excluding hydrogens is 210 g/mol. The molecule has 1 aliphatic rings. The van der Waals surface area contributed by atoms with E-state index in [2.05, 4.69) is 48.1 Å². The predicted octanol–water partition coefficient (Wildman–Crippen LogP) is 2.27. The van der Waals surface area contributed by atoms with Crippen molar-refractivity contribution in [2.75, 3.05) is 6.54 Å². The van der Waals surface area contributed by atoms with Gasteiger partial charge in [-0.2, -0.15) is 0 Å². The topological polar surface area (TPSA) is 29.9 Å². The summed E-state index contributed by atoms with van der Waals surface area (Å²) in [6, 6.07) is 6.60. The molecule has 0 spiro atoms. The highest BCUT2D eigenvalue weighted by atomic mass is 15.1. The Kier molecular flexibility index (Phi) is 2.48. The molecule has 3 rings (SSSR count). The molecule has 3 heteroatoms. The normalized spacial score (nSPS) is 14.7. The third kappa shape index (κ3) is 1.98. The van der Waals surface area contributed by atoms with Crippen LogP contribution in [-0.2, 0) is 13.1 Å². The molecule has 2 heterocycles. The van der Waals surface area contributed by atoms with Crippen LogP contribution in [0.4, 0.5) is 0 Å². The molecule has 1 aromatic heterocycles. The Morgan fingerprint density at radius 3 is 2.65 bits per heavy atom. The van der Waals surface area contributed by atoms with E-state index in [0.717, 1.165) is 31.2 Å². The molecule has 88 valence electrons. The molecule has 0 radical (unpaired) electrons. The Bertz CT molecular complexity index is 511. The number of benzene rings is 1. The van der Waals surface area contributed by atoms with Crippen molar-refractivity contribution in [3.63, 3.8) is 0 Å². The van der Waals surface area contributed by atoms with Crippen molar-refractivity contribution < 1.29 is 0 Å². The Morgan fingerprint density at radius 1 is 1.18 bits per heavy atom. The van der Waals surface area contributed by atoms with Crippen LogP contribution in [0.3, 0.4) is 0 Å². The number of aromatic nitrogens is 2. The quantitative estimate of drug-likeness (QED) is 0.810. The van der Waals surface area contributed by atoms with Gasteiger partial charge in [0, 0.05) is 24.8 Å². The van der Waals surface area contributed by atoms with Crippen molar-refractivity contribution >= 4 is 0 Å². The number of aryl methyl sites for hydroxylation is 2. The molecule has 0 amide bonds. The van der Waals surface area contributed by atoms with Crippen LogP contribution in [0.15, 0.2) is 24.4 Å². The van der Waals surface area contributed by atoms with Gasteiger partial charge in [-0.1, -0.05) is 17.2 Å². The number of nitrogens with zero attached hydrogens (tertiary/aromatic N) is 2. The highest BCUT2D eigenvalue weighted by Gasteiger charge is 2.12. The van der Waals surface area contributed by atoms with Gasteiger partial charge in [-0.05, 0) is 26.0 Å². The lowest BCUT2D eigenvalue weighted by Crippen LogP contribution is -2.27. The summed E-state index contributed by atoms with van der Waals surface area (Å²) in [5.41, 5.74) is 4.91. The van der Waals surface area contributed by atoms with E-state index in [1.54, 1.807) is 0 Å². The van der Waals surface area contributed by atoms with Crippen molar-refractivity contribution in [3.8, 4) is 11.3 Å². The number of imidazole rings is 1. The molecule has 0 saturated carbocycles. The molecule has 2 aromatic rings. The smallest absolute Gasteiger partial charge is 0.123 e. The fourth-order valence-electron chi connectivity index (χ4n) is 2.45. The van der Waals surface area contributed by atoms with Crippen LogP contribution < -0.4 is 5.32 Å². The molecule has 1 aliphatic heterocycles. The van der Waals surface area contributed by atoms with E-state index < -0.39 is 0 Å². The zero-order chi connectivity index (χ0) is 11.8. The molecule has 0 saturated heterocycles. The van der Waals surface area contributed by atoms with Crippen LogP contribution in [-0.4, -0.2) is 16.1 Å². The van der Waals surface area contributed by atoms with Gasteiger partial charge < -0.3 is 9.88 Å². The van der Waals surface area contributed by atoms with Gasteiger partial charge in [0.15, 0.2) is 0 Å². The molecule has 1 N–H and O–H groups in total. The molecule has 0 bridgehead atoms. The van der Waals surface area contributed by atoms with Crippen LogP contribution >= 0.6 is 0 Å². The standard InChI is InChI=1S/C14H17N3/c1-10-5-11(2)7-12(6-10)13-9-17-4-3-15-8-14(17)16-13/h5-7,9,15H,3-4,8H2,1-2H3. The minimum atomic E-state index is 0.880. The van der Waals surface area contributed by atoms with E-state index >= 15 is 0 Å². The van der Waals surface area contributed by atoms with Gasteiger partial charge in [-0.15, -0.1) is 0 Å². The van der Waals surface area contributed by atoms with Crippen LogP contribution in [0.25, 0.3) is 11.3 Å². The van der Waals surface area contributed by atoms with E-state index in [9.17, 15) is 0 Å². The Balaban J connectivity index is 2.05. The summed E-state index contributed by atoms with van der Waals surface area (Å²) in [6.07, 6.45) is 2.17. The van der Waals surface area contributed by atoms with Crippen LogP contribution in [0.2, 0.25) is 0 Å². The third-order valence-electron chi connectivity index (χ3n) is 3.19.